The average Bonchev–Trinajstić information content (AvgIpc) is 3.40. The molecule has 10 heteroatoms. The molecule has 0 spiro atoms. The van der Waals surface area contributed by atoms with Crippen LogP contribution in [-0.2, 0) is 23.9 Å². The molecule has 3 aromatic carbocycles. The molecule has 0 N–H and O–H groups in total. The fourth-order valence-corrected chi connectivity index (χ4v) is 7.72. The maximum Gasteiger partial charge on any atom is 0.346 e. The van der Waals surface area contributed by atoms with E-state index in [4.69, 9.17) is 26.4 Å². The molecular weight excluding hydrogens is 567 g/mol. The van der Waals surface area contributed by atoms with Gasteiger partial charge in [-0.3, -0.25) is 9.69 Å². The quantitative estimate of drug-likeness (QED) is 0.198. The third-order valence-corrected chi connectivity index (χ3v) is 9.89. The van der Waals surface area contributed by atoms with Crippen LogP contribution in [0.1, 0.15) is 19.4 Å². The lowest BCUT2D eigenvalue weighted by Crippen LogP contribution is -2.57. The lowest BCUT2D eigenvalue weighted by Gasteiger charge is -2.45. The van der Waals surface area contributed by atoms with Crippen LogP contribution in [-0.4, -0.2) is 49.1 Å². The van der Waals surface area contributed by atoms with Crippen LogP contribution >= 0.6 is 35.7 Å². The lowest BCUT2D eigenvalue weighted by atomic mass is 9.83. The third-order valence-electron chi connectivity index (χ3n) is 6.63. The SMILES string of the molecule is COC(=O)C1=C(C(=O)OC)SC(=C2C(=S)C(C)(C)N(C(=O)COc3ccc4ccccc4c3)c3ccccc32)S1. The van der Waals surface area contributed by atoms with Gasteiger partial charge in [0.15, 0.2) is 6.61 Å². The maximum absolute atomic E-state index is 13.7. The number of rotatable bonds is 5. The standard InChI is InChI=1S/C30H25NO6S3/c1-30(2)26(38)23(29-39-24(27(33)35-3)25(40-29)28(34)36-4)20-11-7-8-12-21(20)31(30)22(32)16-37-19-14-13-17-9-5-6-10-18(17)15-19/h5-15H,16H2,1-4H3. The molecule has 0 saturated heterocycles. The van der Waals surface area contributed by atoms with Gasteiger partial charge in [-0.2, -0.15) is 0 Å². The van der Waals surface area contributed by atoms with Gasteiger partial charge in [-0.1, -0.05) is 84.3 Å². The van der Waals surface area contributed by atoms with E-state index < -0.39 is 17.5 Å². The number of nitrogens with zero attached hydrogens (tertiary/aromatic N) is 1. The van der Waals surface area contributed by atoms with E-state index in [0.717, 1.165) is 39.9 Å². The van der Waals surface area contributed by atoms with Gasteiger partial charge < -0.3 is 14.2 Å². The van der Waals surface area contributed by atoms with Crippen LogP contribution in [0.4, 0.5) is 5.69 Å². The summed E-state index contributed by atoms with van der Waals surface area (Å²) in [5, 5.41) is 2.10. The summed E-state index contributed by atoms with van der Waals surface area (Å²) in [5.74, 6) is -0.931. The van der Waals surface area contributed by atoms with Crippen molar-refractivity contribution in [3.8, 4) is 5.75 Å². The third kappa shape index (κ3) is 4.91. The first-order chi connectivity index (χ1) is 19.2. The first-order valence-electron chi connectivity index (χ1n) is 12.3. The van der Waals surface area contributed by atoms with Crippen molar-refractivity contribution in [1.29, 1.82) is 0 Å². The highest BCUT2D eigenvalue weighted by Gasteiger charge is 2.46. The zero-order valence-electron chi connectivity index (χ0n) is 22.2. The van der Waals surface area contributed by atoms with Crippen molar-refractivity contribution in [3.05, 3.63) is 86.3 Å². The minimum atomic E-state index is -0.920. The highest BCUT2D eigenvalue weighted by Crippen LogP contribution is 2.56. The van der Waals surface area contributed by atoms with Crippen molar-refractivity contribution in [1.82, 2.24) is 0 Å². The molecular formula is C30H25NO6S3. The van der Waals surface area contributed by atoms with E-state index in [1.54, 1.807) is 4.90 Å². The van der Waals surface area contributed by atoms with Crippen LogP contribution in [0.2, 0.25) is 0 Å². The molecule has 0 fully saturated rings. The summed E-state index contributed by atoms with van der Waals surface area (Å²) in [6.07, 6.45) is 0. The second-order valence-electron chi connectivity index (χ2n) is 9.44. The van der Waals surface area contributed by atoms with E-state index in [1.807, 2.05) is 80.6 Å². The van der Waals surface area contributed by atoms with Crippen LogP contribution in [0, 0.1) is 0 Å². The Labute approximate surface area is 245 Å². The molecule has 3 aromatic rings. The Morgan fingerprint density at radius 1 is 0.850 bits per heavy atom. The molecule has 40 heavy (non-hydrogen) atoms. The highest BCUT2D eigenvalue weighted by atomic mass is 32.2. The number of carbonyl (C=O) groups is 3. The lowest BCUT2D eigenvalue weighted by molar-refractivity contribution is -0.138. The number of benzene rings is 3. The number of para-hydroxylation sites is 1. The Morgan fingerprint density at radius 3 is 2.10 bits per heavy atom. The Balaban J connectivity index is 1.50. The van der Waals surface area contributed by atoms with E-state index in [0.29, 0.717) is 26.1 Å². The molecule has 2 heterocycles. The molecule has 0 bridgehead atoms. The summed E-state index contributed by atoms with van der Waals surface area (Å²) < 4.78 is 16.4. The van der Waals surface area contributed by atoms with Crippen LogP contribution in [0.5, 0.6) is 5.75 Å². The van der Waals surface area contributed by atoms with Gasteiger partial charge in [0, 0.05) is 11.1 Å². The monoisotopic (exact) mass is 591 g/mol. The number of fused-ring (bicyclic) bond motifs is 2. The van der Waals surface area contributed by atoms with E-state index >= 15 is 0 Å². The molecule has 0 aromatic heterocycles. The number of amides is 1. The summed E-state index contributed by atoms with van der Waals surface area (Å²) in [5.41, 5.74) is 1.14. The Kier molecular flexibility index (Phi) is 7.76. The number of hydrogen-bond donors (Lipinski definition) is 0. The zero-order chi connectivity index (χ0) is 28.6. The molecule has 5 rings (SSSR count). The molecule has 0 aliphatic carbocycles. The van der Waals surface area contributed by atoms with E-state index in [2.05, 4.69) is 0 Å². The molecule has 1 amide bonds. The number of anilines is 1. The first kappa shape index (κ1) is 27.9. The number of esters is 2. The molecule has 2 aliphatic heterocycles. The average molecular weight is 592 g/mol. The Hall–Kier alpha value is -3.60. The van der Waals surface area contributed by atoms with Crippen molar-refractivity contribution in [2.24, 2.45) is 0 Å². The smallest absolute Gasteiger partial charge is 0.346 e. The van der Waals surface area contributed by atoms with Gasteiger partial charge in [0.05, 0.1) is 34.5 Å². The molecule has 0 radical (unpaired) electrons. The predicted octanol–water partition coefficient (Wildman–Crippen LogP) is 6.12. The fourth-order valence-electron chi connectivity index (χ4n) is 4.68. The largest absolute Gasteiger partial charge is 0.484 e. The van der Waals surface area contributed by atoms with Crippen molar-refractivity contribution in [2.75, 3.05) is 25.7 Å². The van der Waals surface area contributed by atoms with Gasteiger partial charge in [-0.15, -0.1) is 0 Å². The molecule has 0 saturated carbocycles. The van der Waals surface area contributed by atoms with Crippen LogP contribution in [0.25, 0.3) is 16.3 Å². The van der Waals surface area contributed by atoms with Crippen molar-refractivity contribution < 1.29 is 28.6 Å². The number of thiocarbonyl (C=S) groups is 1. The Morgan fingerprint density at radius 2 is 1.45 bits per heavy atom. The minimum Gasteiger partial charge on any atom is -0.484 e. The van der Waals surface area contributed by atoms with Crippen LogP contribution in [0.15, 0.2) is 80.8 Å². The van der Waals surface area contributed by atoms with Crippen molar-refractivity contribution in [3.63, 3.8) is 0 Å². The second-order valence-corrected chi connectivity index (χ2v) is 12.1. The summed E-state index contributed by atoms with van der Waals surface area (Å²) in [4.78, 5) is 41.1. The number of carbonyl (C=O) groups excluding carboxylic acids is 3. The highest BCUT2D eigenvalue weighted by molar-refractivity contribution is 8.29. The predicted molar refractivity (Wildman–Crippen MR) is 163 cm³/mol. The first-order valence-corrected chi connectivity index (χ1v) is 14.3. The number of methoxy groups -OCH3 is 2. The van der Waals surface area contributed by atoms with Crippen molar-refractivity contribution >= 4 is 80.5 Å². The number of hydrogen-bond acceptors (Lipinski definition) is 9. The molecule has 0 atom stereocenters. The zero-order valence-corrected chi connectivity index (χ0v) is 24.6. The normalized spacial score (nSPS) is 16.2. The van der Waals surface area contributed by atoms with Gasteiger partial charge in [-0.25, -0.2) is 9.59 Å². The molecule has 0 unspecified atom stereocenters. The van der Waals surface area contributed by atoms with Crippen LogP contribution in [0.3, 0.4) is 0 Å². The molecule has 2 aliphatic rings. The fraction of sp³-hybridized carbons (Fsp3) is 0.200. The summed E-state index contributed by atoms with van der Waals surface area (Å²) in [6, 6.07) is 21.1. The van der Waals surface area contributed by atoms with Gasteiger partial charge in [0.2, 0.25) is 0 Å². The summed E-state index contributed by atoms with van der Waals surface area (Å²) in [7, 11) is 2.52. The maximum atomic E-state index is 13.7. The van der Waals surface area contributed by atoms with Crippen molar-refractivity contribution in [2.45, 2.75) is 19.4 Å². The van der Waals surface area contributed by atoms with Crippen LogP contribution < -0.4 is 9.64 Å². The van der Waals surface area contributed by atoms with Gasteiger partial charge >= 0.3 is 11.9 Å². The molecule has 204 valence electrons. The molecule has 7 nitrogen and oxygen atoms in total. The number of thioether (sulfide) groups is 2. The topological polar surface area (TPSA) is 82.1 Å². The van der Waals surface area contributed by atoms with E-state index in [-0.39, 0.29) is 22.3 Å². The second kappa shape index (κ2) is 11.1. The minimum absolute atomic E-state index is 0.141. The summed E-state index contributed by atoms with van der Waals surface area (Å²) in [6.45, 7) is 3.56. The van der Waals surface area contributed by atoms with E-state index in [9.17, 15) is 14.4 Å². The summed E-state index contributed by atoms with van der Waals surface area (Å²) >= 11 is 8.24. The Bertz CT molecular complexity index is 1610. The van der Waals surface area contributed by atoms with E-state index in [1.165, 1.54) is 14.2 Å². The van der Waals surface area contributed by atoms with Gasteiger partial charge in [0.25, 0.3) is 5.91 Å². The van der Waals surface area contributed by atoms with Gasteiger partial charge in [-0.05, 0) is 42.8 Å². The number of ether oxygens (including phenoxy) is 3. The van der Waals surface area contributed by atoms with Gasteiger partial charge in [0.1, 0.15) is 15.6 Å².